The first kappa shape index (κ1) is 17.1. The summed E-state index contributed by atoms with van der Waals surface area (Å²) in [7, 11) is 0. The average Bonchev–Trinajstić information content (AvgIpc) is 2.60. The first-order valence-corrected chi connectivity index (χ1v) is 7.54. The Balaban J connectivity index is 1.89. The summed E-state index contributed by atoms with van der Waals surface area (Å²) < 4.78 is 32.5. The Morgan fingerprint density at radius 3 is 2.84 bits per heavy atom. The van der Waals surface area contributed by atoms with Gasteiger partial charge in [0.15, 0.2) is 0 Å². The summed E-state index contributed by atoms with van der Waals surface area (Å²) in [6.07, 6.45) is 1.65. The topological polar surface area (TPSA) is 89.6 Å². The van der Waals surface area contributed by atoms with Gasteiger partial charge in [-0.05, 0) is 37.3 Å². The number of ether oxygens (including phenoxy) is 1. The Kier molecular flexibility index (Phi) is 4.56. The fourth-order valence-electron chi connectivity index (χ4n) is 2.53. The second-order valence-electron chi connectivity index (χ2n) is 5.72. The SMILES string of the molecule is C[C@]1(c2cc(NC(=O)c3ccc(F)cn3)ccc2F)N=CCO[C@@H]1N. The lowest BCUT2D eigenvalue weighted by molar-refractivity contribution is 0.0191. The number of nitrogens with one attached hydrogen (secondary N) is 1. The van der Waals surface area contributed by atoms with Crippen LogP contribution in [0.3, 0.4) is 0 Å². The molecule has 2 heterocycles. The summed E-state index contributed by atoms with van der Waals surface area (Å²) in [5, 5.41) is 2.59. The maximum absolute atomic E-state index is 14.3. The van der Waals surface area contributed by atoms with Crippen molar-refractivity contribution < 1.29 is 18.3 Å². The molecule has 1 aromatic carbocycles. The smallest absolute Gasteiger partial charge is 0.274 e. The summed E-state index contributed by atoms with van der Waals surface area (Å²) in [4.78, 5) is 20.2. The number of rotatable bonds is 3. The second kappa shape index (κ2) is 6.66. The van der Waals surface area contributed by atoms with Gasteiger partial charge in [0, 0.05) is 17.5 Å². The van der Waals surface area contributed by atoms with Crippen molar-refractivity contribution in [2.75, 3.05) is 11.9 Å². The molecule has 1 amide bonds. The van der Waals surface area contributed by atoms with Crippen molar-refractivity contribution in [2.24, 2.45) is 10.7 Å². The van der Waals surface area contributed by atoms with Gasteiger partial charge in [0.25, 0.3) is 5.91 Å². The number of hydrogen-bond donors (Lipinski definition) is 2. The molecule has 2 aromatic rings. The van der Waals surface area contributed by atoms with Crippen LogP contribution in [-0.4, -0.2) is 29.9 Å². The minimum Gasteiger partial charge on any atom is -0.355 e. The third-order valence-electron chi connectivity index (χ3n) is 3.99. The normalized spacial score (nSPS) is 22.6. The number of hydrogen-bond acceptors (Lipinski definition) is 5. The van der Waals surface area contributed by atoms with E-state index in [0.717, 1.165) is 12.3 Å². The van der Waals surface area contributed by atoms with Crippen molar-refractivity contribution in [1.82, 2.24) is 4.98 Å². The van der Waals surface area contributed by atoms with E-state index in [0.29, 0.717) is 5.69 Å². The van der Waals surface area contributed by atoms with Crippen molar-refractivity contribution >= 4 is 17.8 Å². The zero-order chi connectivity index (χ0) is 18.0. The Labute approximate surface area is 142 Å². The predicted octanol–water partition coefficient (Wildman–Crippen LogP) is 2.21. The molecule has 0 radical (unpaired) electrons. The maximum Gasteiger partial charge on any atom is 0.274 e. The molecule has 0 unspecified atom stereocenters. The van der Waals surface area contributed by atoms with Crippen LogP contribution in [0.5, 0.6) is 0 Å². The van der Waals surface area contributed by atoms with Crippen LogP contribution >= 0.6 is 0 Å². The largest absolute Gasteiger partial charge is 0.355 e. The third kappa shape index (κ3) is 3.40. The molecule has 3 N–H and O–H groups in total. The lowest BCUT2D eigenvalue weighted by Crippen LogP contribution is -2.47. The van der Waals surface area contributed by atoms with Crippen LogP contribution in [0.1, 0.15) is 23.0 Å². The first-order chi connectivity index (χ1) is 11.9. The molecule has 25 heavy (non-hydrogen) atoms. The number of carbonyl (C=O) groups excluding carboxylic acids is 1. The van der Waals surface area contributed by atoms with E-state index in [-0.39, 0.29) is 17.9 Å². The van der Waals surface area contributed by atoms with Crippen LogP contribution in [-0.2, 0) is 10.3 Å². The number of nitrogens with two attached hydrogens (primary N) is 1. The molecule has 6 nitrogen and oxygen atoms in total. The van der Waals surface area contributed by atoms with Crippen molar-refractivity contribution in [2.45, 2.75) is 18.7 Å². The summed E-state index contributed by atoms with van der Waals surface area (Å²) in [5.74, 6) is -1.60. The van der Waals surface area contributed by atoms with Gasteiger partial charge in [0.1, 0.15) is 29.1 Å². The number of benzene rings is 1. The van der Waals surface area contributed by atoms with E-state index in [2.05, 4.69) is 15.3 Å². The predicted molar refractivity (Wildman–Crippen MR) is 88.3 cm³/mol. The van der Waals surface area contributed by atoms with Crippen molar-refractivity contribution in [1.29, 1.82) is 0 Å². The van der Waals surface area contributed by atoms with E-state index in [9.17, 15) is 13.6 Å². The fourth-order valence-corrected chi connectivity index (χ4v) is 2.53. The van der Waals surface area contributed by atoms with E-state index in [1.54, 1.807) is 6.92 Å². The van der Waals surface area contributed by atoms with E-state index in [1.807, 2.05) is 0 Å². The van der Waals surface area contributed by atoms with Gasteiger partial charge in [-0.1, -0.05) is 0 Å². The molecule has 130 valence electrons. The fraction of sp³-hybridized carbons (Fsp3) is 0.235. The molecule has 8 heteroatoms. The minimum absolute atomic E-state index is 0.0363. The average molecular weight is 346 g/mol. The summed E-state index contributed by atoms with van der Waals surface area (Å²) in [5.41, 5.74) is 5.39. The van der Waals surface area contributed by atoms with Gasteiger partial charge in [0.05, 0.1) is 12.8 Å². The number of pyridine rings is 1. The van der Waals surface area contributed by atoms with Crippen LogP contribution in [0.25, 0.3) is 0 Å². The maximum atomic E-state index is 14.3. The highest BCUT2D eigenvalue weighted by Gasteiger charge is 2.38. The standard InChI is InChI=1S/C17H16F2N4O2/c1-17(16(20)25-7-6-22-17)12-8-11(3-4-13(12)19)23-15(24)14-5-2-10(18)9-21-14/h2-6,8-9,16H,7,20H2,1H3,(H,23,24)/t16-,17+/m0/s1. The highest BCUT2D eigenvalue weighted by Crippen LogP contribution is 2.34. The second-order valence-corrected chi connectivity index (χ2v) is 5.72. The van der Waals surface area contributed by atoms with Gasteiger partial charge < -0.3 is 15.8 Å². The van der Waals surface area contributed by atoms with Crippen LogP contribution in [0.15, 0.2) is 41.5 Å². The van der Waals surface area contributed by atoms with E-state index >= 15 is 0 Å². The monoisotopic (exact) mass is 346 g/mol. The zero-order valence-electron chi connectivity index (χ0n) is 13.4. The minimum atomic E-state index is -1.11. The number of anilines is 1. The number of nitrogens with zero attached hydrogens (tertiary/aromatic N) is 2. The van der Waals surface area contributed by atoms with E-state index in [4.69, 9.17) is 10.5 Å². The van der Waals surface area contributed by atoms with Crippen LogP contribution in [0.4, 0.5) is 14.5 Å². The van der Waals surface area contributed by atoms with E-state index in [1.165, 1.54) is 30.5 Å². The quantitative estimate of drug-likeness (QED) is 0.892. The first-order valence-electron chi connectivity index (χ1n) is 7.54. The Morgan fingerprint density at radius 1 is 1.36 bits per heavy atom. The van der Waals surface area contributed by atoms with Crippen LogP contribution in [0, 0.1) is 11.6 Å². The van der Waals surface area contributed by atoms with Crippen LogP contribution in [0.2, 0.25) is 0 Å². The molecule has 0 saturated heterocycles. The lowest BCUT2D eigenvalue weighted by atomic mass is 9.89. The van der Waals surface area contributed by atoms with Crippen LogP contribution < -0.4 is 11.1 Å². The van der Waals surface area contributed by atoms with Gasteiger partial charge in [-0.15, -0.1) is 0 Å². The summed E-state index contributed by atoms with van der Waals surface area (Å²) in [6, 6.07) is 6.45. The molecule has 0 aliphatic carbocycles. The molecule has 1 aromatic heterocycles. The molecule has 0 saturated carbocycles. The van der Waals surface area contributed by atoms with Gasteiger partial charge in [-0.2, -0.15) is 0 Å². The molecule has 0 spiro atoms. The Bertz CT molecular complexity index is 826. The highest BCUT2D eigenvalue weighted by molar-refractivity contribution is 6.02. The molecule has 0 bridgehead atoms. The number of carbonyl (C=O) groups is 1. The van der Waals surface area contributed by atoms with Crippen molar-refractivity contribution in [3.63, 3.8) is 0 Å². The number of aliphatic imine (C=N–C) groups is 1. The molecule has 0 fully saturated rings. The van der Waals surface area contributed by atoms with Crippen molar-refractivity contribution in [3.8, 4) is 0 Å². The molecule has 1 aliphatic heterocycles. The summed E-state index contributed by atoms with van der Waals surface area (Å²) >= 11 is 0. The molecule has 1 aliphatic rings. The zero-order valence-corrected chi connectivity index (χ0v) is 13.4. The highest BCUT2D eigenvalue weighted by atomic mass is 19.1. The van der Waals surface area contributed by atoms with Gasteiger partial charge in [-0.3, -0.25) is 9.79 Å². The van der Waals surface area contributed by atoms with Gasteiger partial charge in [-0.25, -0.2) is 13.8 Å². The van der Waals surface area contributed by atoms with Gasteiger partial charge >= 0.3 is 0 Å². The number of aromatic nitrogens is 1. The number of amides is 1. The number of halogens is 2. The third-order valence-corrected chi connectivity index (χ3v) is 3.99. The molecular formula is C17H16F2N4O2. The molecule has 3 rings (SSSR count). The molecule has 2 atom stereocenters. The summed E-state index contributed by atoms with van der Waals surface area (Å²) in [6.45, 7) is 1.91. The van der Waals surface area contributed by atoms with E-state index < -0.39 is 29.3 Å². The lowest BCUT2D eigenvalue weighted by Gasteiger charge is -2.34. The van der Waals surface area contributed by atoms with Crippen molar-refractivity contribution in [3.05, 3.63) is 59.4 Å². The van der Waals surface area contributed by atoms with Gasteiger partial charge in [0.2, 0.25) is 0 Å². The molecular weight excluding hydrogens is 330 g/mol. The Hall–Kier alpha value is -2.71. The Morgan fingerprint density at radius 2 is 2.16 bits per heavy atom.